The molecule has 4 rings (SSSR count). The van der Waals surface area contributed by atoms with Crippen molar-refractivity contribution >= 4 is 23.3 Å². The normalized spacial score (nSPS) is 11.1. The number of rotatable bonds is 7. The zero-order chi connectivity index (χ0) is 28.2. The van der Waals surface area contributed by atoms with Gasteiger partial charge < -0.3 is 15.4 Å². The number of anilines is 2. The van der Waals surface area contributed by atoms with E-state index in [1.165, 1.54) is 13.0 Å². The lowest BCUT2D eigenvalue weighted by atomic mass is 9.98. The van der Waals surface area contributed by atoms with E-state index in [-0.39, 0.29) is 11.5 Å². The summed E-state index contributed by atoms with van der Waals surface area (Å²) >= 11 is 0. The molecule has 0 aliphatic carbocycles. The second-order valence-electron chi connectivity index (χ2n) is 8.53. The first-order valence-corrected chi connectivity index (χ1v) is 11.9. The molecule has 3 heterocycles. The summed E-state index contributed by atoms with van der Waals surface area (Å²) in [6.07, 6.45) is -0.518. The minimum absolute atomic E-state index is 0.169. The quantitative estimate of drug-likeness (QED) is 0.294. The van der Waals surface area contributed by atoms with Crippen LogP contribution in [0.5, 0.6) is 5.88 Å². The Balaban J connectivity index is 1.69. The number of benzene rings is 1. The van der Waals surface area contributed by atoms with Crippen LogP contribution in [0.1, 0.15) is 35.5 Å². The number of hydrogen-bond donors (Lipinski definition) is 2. The van der Waals surface area contributed by atoms with E-state index in [9.17, 15) is 22.8 Å². The minimum atomic E-state index is -4.66. The largest absolute Gasteiger partial charge is 0.478 e. The molecule has 2 N–H and O–H groups in total. The van der Waals surface area contributed by atoms with Crippen molar-refractivity contribution < 1.29 is 27.5 Å². The average Bonchev–Trinajstić information content (AvgIpc) is 2.89. The fourth-order valence-electron chi connectivity index (χ4n) is 3.85. The van der Waals surface area contributed by atoms with Crippen LogP contribution in [0.25, 0.3) is 22.3 Å². The maximum absolute atomic E-state index is 13.0. The van der Waals surface area contributed by atoms with Crippen LogP contribution in [0.15, 0.2) is 67.1 Å². The van der Waals surface area contributed by atoms with Crippen molar-refractivity contribution in [1.29, 1.82) is 0 Å². The van der Waals surface area contributed by atoms with Gasteiger partial charge in [-0.15, -0.1) is 0 Å². The van der Waals surface area contributed by atoms with Gasteiger partial charge in [-0.2, -0.15) is 13.2 Å². The summed E-state index contributed by atoms with van der Waals surface area (Å²) < 4.78 is 44.8. The van der Waals surface area contributed by atoms with Gasteiger partial charge in [0.1, 0.15) is 11.5 Å². The van der Waals surface area contributed by atoms with Gasteiger partial charge in [-0.05, 0) is 73.0 Å². The lowest BCUT2D eigenvalue weighted by molar-refractivity contribution is -0.141. The number of hydrogen-bond acceptors (Lipinski definition) is 6. The molecule has 2 amide bonds. The van der Waals surface area contributed by atoms with Gasteiger partial charge in [0.15, 0.2) is 0 Å². The predicted octanol–water partition coefficient (Wildman–Crippen LogP) is 6.14. The van der Waals surface area contributed by atoms with Crippen molar-refractivity contribution in [3.8, 4) is 28.1 Å². The molecule has 0 unspecified atom stereocenters. The van der Waals surface area contributed by atoms with Crippen LogP contribution in [0, 0.1) is 6.92 Å². The first-order chi connectivity index (χ1) is 18.5. The van der Waals surface area contributed by atoms with Gasteiger partial charge in [0.25, 0.3) is 5.91 Å². The zero-order valence-electron chi connectivity index (χ0n) is 21.3. The van der Waals surface area contributed by atoms with Crippen LogP contribution in [-0.2, 0) is 11.0 Å². The number of aromatic nitrogens is 3. The van der Waals surface area contributed by atoms with Gasteiger partial charge in [0.05, 0.1) is 6.61 Å². The van der Waals surface area contributed by atoms with Gasteiger partial charge in [-0.3, -0.25) is 14.6 Å². The van der Waals surface area contributed by atoms with E-state index in [0.717, 1.165) is 17.3 Å². The van der Waals surface area contributed by atoms with E-state index in [1.54, 1.807) is 42.7 Å². The molecule has 0 atom stereocenters. The van der Waals surface area contributed by atoms with Crippen molar-refractivity contribution in [2.45, 2.75) is 26.9 Å². The highest BCUT2D eigenvalue weighted by Gasteiger charge is 2.33. The van der Waals surface area contributed by atoms with E-state index in [1.807, 2.05) is 19.9 Å². The molecule has 0 aliphatic rings. The second-order valence-corrected chi connectivity index (χ2v) is 8.53. The average molecular weight is 536 g/mol. The summed E-state index contributed by atoms with van der Waals surface area (Å²) in [6.45, 7) is 5.50. The van der Waals surface area contributed by atoms with Gasteiger partial charge in [0.2, 0.25) is 11.8 Å². The number of nitrogens with zero attached hydrogens (tertiary/aromatic N) is 3. The van der Waals surface area contributed by atoms with Crippen LogP contribution >= 0.6 is 0 Å². The van der Waals surface area contributed by atoms with Crippen LogP contribution in [0.4, 0.5) is 24.7 Å². The first kappa shape index (κ1) is 27.2. The van der Waals surface area contributed by atoms with Gasteiger partial charge >= 0.3 is 6.18 Å². The third-order valence-corrected chi connectivity index (χ3v) is 5.63. The Hall–Kier alpha value is -4.80. The molecule has 3 aromatic heterocycles. The zero-order valence-corrected chi connectivity index (χ0v) is 21.3. The summed E-state index contributed by atoms with van der Waals surface area (Å²) in [4.78, 5) is 36.2. The summed E-state index contributed by atoms with van der Waals surface area (Å²) in [5, 5.41) is 5.31. The standard InChI is InChI=1S/C28H24F3N5O3/c1-4-39-27-23(18-7-10-33-25(13-18)35-17(3)37)11-20(15-34-27)22-14-21(6-5-16(22)2)36-26(38)19-8-9-32-24(12-19)28(29,30)31/h5-15H,4H2,1-3H3,(H,36,38)(H,33,35,37). The molecule has 8 nitrogen and oxygen atoms in total. The molecular weight excluding hydrogens is 511 g/mol. The SMILES string of the molecule is CCOc1ncc(-c2cc(NC(=O)c3ccnc(C(F)(F)F)c3)ccc2C)cc1-c1ccnc(NC(C)=O)c1. The molecule has 0 saturated heterocycles. The fraction of sp³-hybridized carbons (Fsp3) is 0.179. The number of pyridine rings is 3. The Kier molecular flexibility index (Phi) is 7.89. The van der Waals surface area contributed by atoms with E-state index < -0.39 is 17.8 Å². The van der Waals surface area contributed by atoms with Crippen LogP contribution in [-0.4, -0.2) is 33.4 Å². The fourth-order valence-corrected chi connectivity index (χ4v) is 3.85. The molecule has 200 valence electrons. The Morgan fingerprint density at radius 2 is 1.67 bits per heavy atom. The van der Waals surface area contributed by atoms with E-state index >= 15 is 0 Å². The monoisotopic (exact) mass is 535 g/mol. The molecule has 0 saturated carbocycles. The molecule has 0 radical (unpaired) electrons. The number of alkyl halides is 3. The lowest BCUT2D eigenvalue weighted by Crippen LogP contribution is -2.15. The van der Waals surface area contributed by atoms with Crippen molar-refractivity contribution in [1.82, 2.24) is 15.0 Å². The Morgan fingerprint density at radius 3 is 2.38 bits per heavy atom. The van der Waals surface area contributed by atoms with Crippen molar-refractivity contribution in [2.24, 2.45) is 0 Å². The maximum Gasteiger partial charge on any atom is 0.433 e. The van der Waals surface area contributed by atoms with Gasteiger partial charge in [-0.1, -0.05) is 6.07 Å². The van der Waals surface area contributed by atoms with Crippen molar-refractivity contribution in [3.05, 3.63) is 83.9 Å². The first-order valence-electron chi connectivity index (χ1n) is 11.9. The summed E-state index contributed by atoms with van der Waals surface area (Å²) in [6, 6.07) is 12.4. The molecule has 0 fully saturated rings. The number of halogens is 3. The van der Waals surface area contributed by atoms with E-state index in [0.29, 0.717) is 46.7 Å². The van der Waals surface area contributed by atoms with Gasteiger partial charge in [-0.25, -0.2) is 9.97 Å². The Labute approximate surface area is 222 Å². The smallest absolute Gasteiger partial charge is 0.433 e. The van der Waals surface area contributed by atoms with Crippen molar-refractivity contribution in [3.63, 3.8) is 0 Å². The molecule has 0 bridgehead atoms. The number of aryl methyl sites for hydroxylation is 1. The highest BCUT2D eigenvalue weighted by atomic mass is 19.4. The summed E-state index contributed by atoms with van der Waals surface area (Å²) in [7, 11) is 0. The second kappa shape index (κ2) is 11.3. The topological polar surface area (TPSA) is 106 Å². The third kappa shape index (κ3) is 6.56. The lowest BCUT2D eigenvalue weighted by Gasteiger charge is -2.15. The number of ether oxygens (including phenoxy) is 1. The molecule has 0 spiro atoms. The number of amides is 2. The third-order valence-electron chi connectivity index (χ3n) is 5.63. The maximum atomic E-state index is 13.0. The van der Waals surface area contributed by atoms with E-state index in [4.69, 9.17) is 4.74 Å². The molecule has 11 heteroatoms. The number of carbonyl (C=O) groups is 2. The molecule has 39 heavy (non-hydrogen) atoms. The van der Waals surface area contributed by atoms with Gasteiger partial charge in [0, 0.05) is 47.9 Å². The molecular formula is C28H24F3N5O3. The molecule has 0 aliphatic heterocycles. The highest BCUT2D eigenvalue weighted by Crippen LogP contribution is 2.35. The number of nitrogens with one attached hydrogen (secondary N) is 2. The number of carbonyl (C=O) groups excluding carboxylic acids is 2. The van der Waals surface area contributed by atoms with Crippen LogP contribution in [0.3, 0.4) is 0 Å². The van der Waals surface area contributed by atoms with Crippen LogP contribution in [0.2, 0.25) is 0 Å². The van der Waals surface area contributed by atoms with Crippen molar-refractivity contribution in [2.75, 3.05) is 17.2 Å². The van der Waals surface area contributed by atoms with Crippen LogP contribution < -0.4 is 15.4 Å². The predicted molar refractivity (Wildman–Crippen MR) is 140 cm³/mol. The molecule has 1 aromatic carbocycles. The minimum Gasteiger partial charge on any atom is -0.478 e. The summed E-state index contributed by atoms with van der Waals surface area (Å²) in [5.74, 6) is -0.196. The Bertz CT molecular complexity index is 1540. The van der Waals surface area contributed by atoms with E-state index in [2.05, 4.69) is 25.6 Å². The summed E-state index contributed by atoms with van der Waals surface area (Å²) in [5.41, 5.74) is 2.78. The molecule has 4 aromatic rings. The Morgan fingerprint density at radius 1 is 0.897 bits per heavy atom. The highest BCUT2D eigenvalue weighted by molar-refractivity contribution is 6.04.